The molecule has 0 fully saturated rings. The number of rotatable bonds is 9. The van der Waals surface area contributed by atoms with Gasteiger partial charge in [0.1, 0.15) is 6.04 Å². The van der Waals surface area contributed by atoms with E-state index in [1.54, 1.807) is 0 Å². The molecule has 0 saturated heterocycles. The summed E-state index contributed by atoms with van der Waals surface area (Å²) in [4.78, 5) is 33.8. The number of methoxy groups -OCH3 is 1. The molecule has 2 amide bonds. The van der Waals surface area contributed by atoms with E-state index in [4.69, 9.17) is 11.5 Å². The van der Waals surface area contributed by atoms with E-state index in [2.05, 4.69) is 10.1 Å². The zero-order valence-electron chi connectivity index (χ0n) is 11.5. The average Bonchev–Trinajstić information content (AvgIpc) is 2.39. The van der Waals surface area contributed by atoms with E-state index in [0.29, 0.717) is 6.42 Å². The van der Waals surface area contributed by atoms with Crippen LogP contribution in [-0.4, -0.2) is 37.0 Å². The lowest BCUT2D eigenvalue weighted by atomic mass is 10.1. The second-order valence-electron chi connectivity index (χ2n) is 4.34. The maximum atomic E-state index is 11.8. The molecular formula is C12H23N3O4. The molecule has 19 heavy (non-hydrogen) atoms. The zero-order valence-corrected chi connectivity index (χ0v) is 11.5. The first-order valence-corrected chi connectivity index (χ1v) is 6.34. The third kappa shape index (κ3) is 7.40. The van der Waals surface area contributed by atoms with Gasteiger partial charge in [-0.2, -0.15) is 0 Å². The van der Waals surface area contributed by atoms with Crippen LogP contribution in [-0.2, 0) is 19.1 Å². The number of nitrogens with one attached hydrogen (secondary N) is 1. The molecule has 5 N–H and O–H groups in total. The van der Waals surface area contributed by atoms with Crippen LogP contribution in [0.1, 0.15) is 39.0 Å². The van der Waals surface area contributed by atoms with Gasteiger partial charge in [-0.25, -0.2) is 4.79 Å². The summed E-state index contributed by atoms with van der Waals surface area (Å²) >= 11 is 0. The first-order chi connectivity index (χ1) is 8.92. The van der Waals surface area contributed by atoms with E-state index < -0.39 is 29.9 Å². The molecule has 0 heterocycles. The van der Waals surface area contributed by atoms with Gasteiger partial charge in [0, 0.05) is 6.42 Å². The summed E-state index contributed by atoms with van der Waals surface area (Å²) in [5, 5.41) is 2.54. The SMILES string of the molecule is CCCC[C@H](NC(=O)[C@@H](N)CCC(N)=O)C(=O)OC. The minimum absolute atomic E-state index is 0.0342. The Morgan fingerprint density at radius 1 is 1.26 bits per heavy atom. The lowest BCUT2D eigenvalue weighted by Crippen LogP contribution is -2.49. The molecule has 0 aromatic rings. The van der Waals surface area contributed by atoms with Crippen molar-refractivity contribution in [3.63, 3.8) is 0 Å². The van der Waals surface area contributed by atoms with E-state index in [1.165, 1.54) is 7.11 Å². The van der Waals surface area contributed by atoms with Gasteiger partial charge in [-0.15, -0.1) is 0 Å². The highest BCUT2D eigenvalue weighted by molar-refractivity contribution is 5.87. The molecule has 0 radical (unpaired) electrons. The number of carbonyl (C=O) groups is 3. The molecule has 110 valence electrons. The molecule has 0 aromatic carbocycles. The predicted molar refractivity (Wildman–Crippen MR) is 69.9 cm³/mol. The molecule has 0 bridgehead atoms. The number of esters is 1. The number of carbonyl (C=O) groups excluding carboxylic acids is 3. The van der Waals surface area contributed by atoms with E-state index in [-0.39, 0.29) is 12.8 Å². The smallest absolute Gasteiger partial charge is 0.328 e. The second-order valence-corrected chi connectivity index (χ2v) is 4.34. The molecule has 0 aromatic heterocycles. The highest BCUT2D eigenvalue weighted by atomic mass is 16.5. The molecule has 0 aliphatic rings. The Hall–Kier alpha value is -1.63. The third-order valence-electron chi connectivity index (χ3n) is 2.69. The standard InChI is InChI=1S/C12H23N3O4/c1-3-4-5-9(12(18)19-2)15-11(17)8(13)6-7-10(14)16/h8-9H,3-7,13H2,1-2H3,(H2,14,16)(H,15,17)/t8-,9-/m0/s1. The third-order valence-corrected chi connectivity index (χ3v) is 2.69. The Labute approximate surface area is 113 Å². The number of hydrogen-bond donors (Lipinski definition) is 3. The number of hydrogen-bond acceptors (Lipinski definition) is 5. The van der Waals surface area contributed by atoms with Crippen LogP contribution in [0.15, 0.2) is 0 Å². The van der Waals surface area contributed by atoms with Crippen molar-refractivity contribution in [2.24, 2.45) is 11.5 Å². The van der Waals surface area contributed by atoms with Gasteiger partial charge in [-0.05, 0) is 12.8 Å². The fourth-order valence-electron chi connectivity index (χ4n) is 1.51. The summed E-state index contributed by atoms with van der Waals surface area (Å²) in [6.45, 7) is 1.98. The molecule has 7 heteroatoms. The van der Waals surface area contributed by atoms with Crippen molar-refractivity contribution in [2.75, 3.05) is 7.11 Å². The number of ether oxygens (including phenoxy) is 1. The molecule has 0 saturated carbocycles. The molecular weight excluding hydrogens is 250 g/mol. The van der Waals surface area contributed by atoms with Crippen LogP contribution in [0.2, 0.25) is 0 Å². The Kier molecular flexibility index (Phi) is 8.52. The van der Waals surface area contributed by atoms with Crippen molar-refractivity contribution in [3.8, 4) is 0 Å². The van der Waals surface area contributed by atoms with Gasteiger partial charge in [0.05, 0.1) is 13.2 Å². The van der Waals surface area contributed by atoms with Crippen LogP contribution >= 0.6 is 0 Å². The Balaban J connectivity index is 4.35. The molecule has 0 aliphatic heterocycles. The normalized spacial score (nSPS) is 13.4. The summed E-state index contributed by atoms with van der Waals surface area (Å²) in [7, 11) is 1.26. The number of unbranched alkanes of at least 4 members (excludes halogenated alkanes) is 1. The summed E-state index contributed by atoms with van der Waals surface area (Å²) < 4.78 is 4.62. The maximum absolute atomic E-state index is 11.8. The van der Waals surface area contributed by atoms with Crippen molar-refractivity contribution >= 4 is 17.8 Å². The van der Waals surface area contributed by atoms with Gasteiger partial charge in [0.25, 0.3) is 0 Å². The molecule has 0 spiro atoms. The minimum Gasteiger partial charge on any atom is -0.467 e. The fourth-order valence-corrected chi connectivity index (χ4v) is 1.51. The fraction of sp³-hybridized carbons (Fsp3) is 0.750. The first-order valence-electron chi connectivity index (χ1n) is 6.34. The largest absolute Gasteiger partial charge is 0.467 e. The van der Waals surface area contributed by atoms with Crippen LogP contribution in [0, 0.1) is 0 Å². The zero-order chi connectivity index (χ0) is 14.8. The topological polar surface area (TPSA) is 125 Å². The highest BCUT2D eigenvalue weighted by Crippen LogP contribution is 2.04. The molecule has 0 unspecified atom stereocenters. The van der Waals surface area contributed by atoms with Gasteiger partial charge < -0.3 is 21.5 Å². The first kappa shape index (κ1) is 17.4. The van der Waals surface area contributed by atoms with E-state index in [0.717, 1.165) is 12.8 Å². The van der Waals surface area contributed by atoms with Crippen molar-refractivity contribution < 1.29 is 19.1 Å². The Morgan fingerprint density at radius 2 is 1.89 bits per heavy atom. The molecule has 2 atom stereocenters. The number of primary amides is 1. The summed E-state index contributed by atoms with van der Waals surface area (Å²) in [5.41, 5.74) is 10.6. The molecule has 7 nitrogen and oxygen atoms in total. The van der Waals surface area contributed by atoms with Gasteiger partial charge in [-0.1, -0.05) is 19.8 Å². The predicted octanol–water partition coefficient (Wildman–Crippen LogP) is -0.573. The lowest BCUT2D eigenvalue weighted by Gasteiger charge is -2.18. The highest BCUT2D eigenvalue weighted by Gasteiger charge is 2.23. The van der Waals surface area contributed by atoms with Crippen molar-refractivity contribution in [1.82, 2.24) is 5.32 Å². The Bertz CT molecular complexity index is 320. The van der Waals surface area contributed by atoms with Crippen LogP contribution < -0.4 is 16.8 Å². The van der Waals surface area contributed by atoms with Crippen molar-refractivity contribution in [2.45, 2.75) is 51.1 Å². The summed E-state index contributed by atoms with van der Waals surface area (Å²) in [6.07, 6.45) is 2.38. The van der Waals surface area contributed by atoms with Gasteiger partial charge in [0.2, 0.25) is 11.8 Å². The molecule has 0 aliphatic carbocycles. The van der Waals surface area contributed by atoms with Crippen molar-refractivity contribution in [3.05, 3.63) is 0 Å². The summed E-state index contributed by atoms with van der Waals surface area (Å²) in [5.74, 6) is -1.49. The number of amides is 2. The average molecular weight is 273 g/mol. The maximum Gasteiger partial charge on any atom is 0.328 e. The molecule has 0 rings (SSSR count). The summed E-state index contributed by atoms with van der Waals surface area (Å²) in [6, 6.07) is -1.56. The van der Waals surface area contributed by atoms with E-state index in [9.17, 15) is 14.4 Å². The second kappa shape index (κ2) is 9.32. The lowest BCUT2D eigenvalue weighted by molar-refractivity contribution is -0.145. The number of nitrogens with two attached hydrogens (primary N) is 2. The van der Waals surface area contributed by atoms with E-state index in [1.807, 2.05) is 6.92 Å². The van der Waals surface area contributed by atoms with Crippen LogP contribution in [0.25, 0.3) is 0 Å². The quantitative estimate of drug-likeness (QED) is 0.485. The minimum atomic E-state index is -0.860. The van der Waals surface area contributed by atoms with Gasteiger partial charge in [0.15, 0.2) is 0 Å². The van der Waals surface area contributed by atoms with Gasteiger partial charge in [-0.3, -0.25) is 9.59 Å². The van der Waals surface area contributed by atoms with Gasteiger partial charge >= 0.3 is 5.97 Å². The monoisotopic (exact) mass is 273 g/mol. The van der Waals surface area contributed by atoms with E-state index >= 15 is 0 Å². The van der Waals surface area contributed by atoms with Crippen molar-refractivity contribution in [1.29, 1.82) is 0 Å². The Morgan fingerprint density at radius 3 is 2.37 bits per heavy atom. The van der Waals surface area contributed by atoms with Crippen LogP contribution in [0.4, 0.5) is 0 Å². The van der Waals surface area contributed by atoms with Crippen LogP contribution in [0.5, 0.6) is 0 Å². The van der Waals surface area contributed by atoms with Crippen LogP contribution in [0.3, 0.4) is 0 Å².